The first-order chi connectivity index (χ1) is 14.2. The quantitative estimate of drug-likeness (QED) is 0.490. The fourth-order valence-corrected chi connectivity index (χ4v) is 4.92. The Kier molecular flexibility index (Phi) is 6.69. The van der Waals surface area contributed by atoms with E-state index in [0.29, 0.717) is 44.0 Å². The molecule has 0 unspecified atom stereocenters. The summed E-state index contributed by atoms with van der Waals surface area (Å²) in [6.45, 7) is 4.43. The molecule has 2 aromatic carbocycles. The van der Waals surface area contributed by atoms with Gasteiger partial charge in [0.15, 0.2) is 0 Å². The lowest BCUT2D eigenvalue weighted by atomic mass is 10.1. The molecule has 1 saturated heterocycles. The Balaban J connectivity index is 1.93. The molecule has 10 heteroatoms. The van der Waals surface area contributed by atoms with Gasteiger partial charge < -0.3 is 9.80 Å². The number of benzene rings is 2. The van der Waals surface area contributed by atoms with E-state index in [-0.39, 0.29) is 22.9 Å². The van der Waals surface area contributed by atoms with E-state index in [4.69, 9.17) is 0 Å². The van der Waals surface area contributed by atoms with E-state index in [9.17, 15) is 22.9 Å². The summed E-state index contributed by atoms with van der Waals surface area (Å²) < 4.78 is 40.8. The second-order valence-corrected chi connectivity index (χ2v) is 9.20. The van der Waals surface area contributed by atoms with Crippen molar-refractivity contribution in [3.63, 3.8) is 0 Å². The molecule has 0 aromatic heterocycles. The van der Waals surface area contributed by atoms with Crippen LogP contribution in [0.5, 0.6) is 0 Å². The van der Waals surface area contributed by atoms with Crippen LogP contribution in [0.2, 0.25) is 0 Å². The summed E-state index contributed by atoms with van der Waals surface area (Å²) in [7, 11) is -1.90. The molecular weight excluding hydrogens is 411 g/mol. The molecule has 3 rings (SSSR count). The van der Waals surface area contributed by atoms with Crippen molar-refractivity contribution in [1.29, 1.82) is 0 Å². The molecule has 1 aliphatic heterocycles. The molecule has 162 valence electrons. The van der Waals surface area contributed by atoms with Crippen LogP contribution in [0.1, 0.15) is 12.5 Å². The number of sulfonamides is 1. The van der Waals surface area contributed by atoms with Gasteiger partial charge in [-0.05, 0) is 43.8 Å². The topological polar surface area (TPSA) is 87.0 Å². The predicted molar refractivity (Wildman–Crippen MR) is 112 cm³/mol. The Morgan fingerprint density at radius 3 is 2.43 bits per heavy atom. The molecule has 0 aliphatic carbocycles. The molecule has 0 spiro atoms. The lowest BCUT2D eigenvalue weighted by molar-refractivity contribution is -0.384. The normalized spacial score (nSPS) is 15.8. The van der Waals surface area contributed by atoms with Gasteiger partial charge in [0.1, 0.15) is 11.5 Å². The largest absolute Gasteiger partial charge is 0.362 e. The van der Waals surface area contributed by atoms with Crippen molar-refractivity contribution in [3.8, 4) is 0 Å². The molecule has 30 heavy (non-hydrogen) atoms. The molecule has 0 saturated carbocycles. The Morgan fingerprint density at radius 2 is 1.83 bits per heavy atom. The number of nitrogens with zero attached hydrogens (tertiary/aromatic N) is 4. The van der Waals surface area contributed by atoms with Crippen LogP contribution in [0.3, 0.4) is 0 Å². The number of likely N-dealkylation sites (N-methyl/N-ethyl adjacent to an activating group) is 1. The van der Waals surface area contributed by atoms with E-state index in [2.05, 4.69) is 0 Å². The minimum absolute atomic E-state index is 0.0932. The number of nitro benzene ring substituents is 1. The molecule has 0 amide bonds. The minimum atomic E-state index is -3.82. The zero-order chi connectivity index (χ0) is 21.9. The van der Waals surface area contributed by atoms with E-state index in [1.165, 1.54) is 28.6 Å². The van der Waals surface area contributed by atoms with Gasteiger partial charge in [0, 0.05) is 45.3 Å². The van der Waals surface area contributed by atoms with Crippen LogP contribution in [-0.4, -0.2) is 62.3 Å². The monoisotopic (exact) mass is 436 g/mol. The second kappa shape index (κ2) is 9.07. The Bertz CT molecular complexity index is 1020. The number of piperazine rings is 1. The van der Waals surface area contributed by atoms with Gasteiger partial charge in [0.05, 0.1) is 9.82 Å². The third kappa shape index (κ3) is 4.77. The SMILES string of the molecule is CCN(Cc1cccc(F)c1)c1ccc(S(=O)(=O)N2CCN(C)CC2)cc1[N+](=O)[O-]. The summed E-state index contributed by atoms with van der Waals surface area (Å²) in [6, 6.07) is 10.0. The molecule has 8 nitrogen and oxygen atoms in total. The second-order valence-electron chi connectivity index (χ2n) is 7.26. The molecule has 0 N–H and O–H groups in total. The highest BCUT2D eigenvalue weighted by molar-refractivity contribution is 7.89. The van der Waals surface area contributed by atoms with Crippen LogP contribution < -0.4 is 4.90 Å². The van der Waals surface area contributed by atoms with E-state index in [1.807, 2.05) is 18.9 Å². The van der Waals surface area contributed by atoms with Gasteiger partial charge in [-0.2, -0.15) is 4.31 Å². The maximum absolute atomic E-state index is 13.5. The van der Waals surface area contributed by atoms with Crippen LogP contribution in [0, 0.1) is 15.9 Å². The fraction of sp³-hybridized carbons (Fsp3) is 0.400. The van der Waals surface area contributed by atoms with E-state index < -0.39 is 14.9 Å². The summed E-state index contributed by atoms with van der Waals surface area (Å²) in [4.78, 5) is 14.8. The molecule has 0 radical (unpaired) electrons. The van der Waals surface area contributed by atoms with Gasteiger partial charge in [-0.25, -0.2) is 12.8 Å². The van der Waals surface area contributed by atoms with Crippen molar-refractivity contribution in [2.45, 2.75) is 18.4 Å². The first-order valence-electron chi connectivity index (χ1n) is 9.69. The summed E-state index contributed by atoms with van der Waals surface area (Å²) >= 11 is 0. The number of nitro groups is 1. The molecular formula is C20H25FN4O4S. The highest BCUT2D eigenvalue weighted by Crippen LogP contribution is 2.33. The molecule has 0 bridgehead atoms. The molecule has 1 heterocycles. The standard InChI is InChI=1S/C20H25FN4O4S/c1-3-23(15-16-5-4-6-17(21)13-16)19-8-7-18(14-20(19)25(26)27)30(28,29)24-11-9-22(2)10-12-24/h4-8,13-14H,3,9-12,15H2,1-2H3. The van der Waals surface area contributed by atoms with Crippen LogP contribution in [0.4, 0.5) is 15.8 Å². The smallest absolute Gasteiger partial charge is 0.293 e. The maximum atomic E-state index is 13.5. The van der Waals surface area contributed by atoms with Crippen molar-refractivity contribution in [2.75, 3.05) is 44.7 Å². The van der Waals surface area contributed by atoms with E-state index in [0.717, 1.165) is 6.07 Å². The van der Waals surface area contributed by atoms with Crippen molar-refractivity contribution in [3.05, 3.63) is 64.0 Å². The van der Waals surface area contributed by atoms with E-state index >= 15 is 0 Å². The molecule has 0 atom stereocenters. The number of anilines is 1. The summed E-state index contributed by atoms with van der Waals surface area (Å²) in [5.74, 6) is -0.383. The van der Waals surface area contributed by atoms with Crippen LogP contribution in [0.15, 0.2) is 47.4 Å². The van der Waals surface area contributed by atoms with Gasteiger partial charge in [-0.3, -0.25) is 10.1 Å². The highest BCUT2D eigenvalue weighted by Gasteiger charge is 2.30. The van der Waals surface area contributed by atoms with Crippen LogP contribution in [0.25, 0.3) is 0 Å². The van der Waals surface area contributed by atoms with Crippen molar-refractivity contribution >= 4 is 21.4 Å². The first-order valence-corrected chi connectivity index (χ1v) is 11.1. The van der Waals surface area contributed by atoms with Gasteiger partial charge in [-0.1, -0.05) is 12.1 Å². The van der Waals surface area contributed by atoms with Gasteiger partial charge in [0.25, 0.3) is 5.69 Å². The van der Waals surface area contributed by atoms with Gasteiger partial charge >= 0.3 is 0 Å². The van der Waals surface area contributed by atoms with E-state index in [1.54, 1.807) is 17.0 Å². The highest BCUT2D eigenvalue weighted by atomic mass is 32.2. The molecule has 2 aromatic rings. The zero-order valence-electron chi connectivity index (χ0n) is 17.0. The number of rotatable bonds is 7. The van der Waals surface area contributed by atoms with Gasteiger partial charge in [0.2, 0.25) is 10.0 Å². The molecule has 1 aliphatic rings. The number of hydrogen-bond donors (Lipinski definition) is 0. The van der Waals surface area contributed by atoms with Crippen molar-refractivity contribution in [1.82, 2.24) is 9.21 Å². The minimum Gasteiger partial charge on any atom is -0.362 e. The average molecular weight is 437 g/mol. The lowest BCUT2D eigenvalue weighted by Crippen LogP contribution is -2.47. The average Bonchev–Trinajstić information content (AvgIpc) is 2.72. The molecule has 1 fully saturated rings. The zero-order valence-corrected chi connectivity index (χ0v) is 17.8. The number of hydrogen-bond acceptors (Lipinski definition) is 6. The number of halogens is 1. The Morgan fingerprint density at radius 1 is 1.13 bits per heavy atom. The third-order valence-corrected chi connectivity index (χ3v) is 7.12. The van der Waals surface area contributed by atoms with Gasteiger partial charge in [-0.15, -0.1) is 0 Å². The van der Waals surface area contributed by atoms with Crippen molar-refractivity contribution < 1.29 is 17.7 Å². The summed E-state index contributed by atoms with van der Waals surface area (Å²) in [5.41, 5.74) is 0.674. The Hall–Kier alpha value is -2.56. The Labute approximate surface area is 175 Å². The first kappa shape index (κ1) is 22.1. The van der Waals surface area contributed by atoms with Crippen LogP contribution >= 0.6 is 0 Å². The third-order valence-electron chi connectivity index (χ3n) is 5.23. The fourth-order valence-electron chi connectivity index (χ4n) is 3.48. The van der Waals surface area contributed by atoms with Crippen molar-refractivity contribution in [2.24, 2.45) is 0 Å². The van der Waals surface area contributed by atoms with Crippen LogP contribution in [-0.2, 0) is 16.6 Å². The summed E-state index contributed by atoms with van der Waals surface area (Å²) in [6.07, 6.45) is 0. The maximum Gasteiger partial charge on any atom is 0.293 e. The lowest BCUT2D eigenvalue weighted by Gasteiger charge is -2.31. The predicted octanol–water partition coefficient (Wildman–Crippen LogP) is 2.70. The summed E-state index contributed by atoms with van der Waals surface area (Å²) in [5, 5.41) is 11.8.